The second-order valence-corrected chi connectivity index (χ2v) is 5.42. The van der Waals surface area contributed by atoms with Crippen molar-refractivity contribution in [3.63, 3.8) is 0 Å². The number of ether oxygens (including phenoxy) is 1. The molecule has 3 nitrogen and oxygen atoms in total. The highest BCUT2D eigenvalue weighted by atomic mass is 19.1. The van der Waals surface area contributed by atoms with Crippen molar-refractivity contribution in [1.29, 1.82) is 0 Å². The van der Waals surface area contributed by atoms with Crippen molar-refractivity contribution in [2.75, 3.05) is 7.11 Å². The van der Waals surface area contributed by atoms with E-state index in [0.717, 1.165) is 24.3 Å². The van der Waals surface area contributed by atoms with E-state index < -0.39 is 0 Å². The minimum Gasteiger partial charge on any atom is -0.494 e. The number of hydrazine groups is 1. The molecule has 1 saturated carbocycles. The monoisotopic (exact) mass is 266 g/mol. The molecule has 1 aromatic carbocycles. The molecule has 0 bridgehead atoms. The molecule has 0 spiro atoms. The molecule has 0 amide bonds. The summed E-state index contributed by atoms with van der Waals surface area (Å²) < 4.78 is 18.6. The highest BCUT2D eigenvalue weighted by Gasteiger charge is 2.20. The first kappa shape index (κ1) is 14.3. The zero-order valence-electron chi connectivity index (χ0n) is 11.5. The molecular weight excluding hydrogens is 243 g/mol. The first-order valence-electron chi connectivity index (χ1n) is 7.01. The molecule has 1 aliphatic rings. The summed E-state index contributed by atoms with van der Waals surface area (Å²) in [4.78, 5) is 0. The molecule has 0 aliphatic heterocycles. The largest absolute Gasteiger partial charge is 0.494 e. The van der Waals surface area contributed by atoms with E-state index in [-0.39, 0.29) is 17.6 Å². The van der Waals surface area contributed by atoms with Gasteiger partial charge < -0.3 is 4.74 Å². The van der Waals surface area contributed by atoms with E-state index in [0.29, 0.717) is 0 Å². The Balaban J connectivity index is 1.95. The Labute approximate surface area is 114 Å². The minimum atomic E-state index is -0.309. The highest BCUT2D eigenvalue weighted by molar-refractivity contribution is 5.29. The van der Waals surface area contributed by atoms with Crippen LogP contribution in [0.3, 0.4) is 0 Å². The first-order valence-corrected chi connectivity index (χ1v) is 7.01. The third-order valence-electron chi connectivity index (χ3n) is 4.03. The quantitative estimate of drug-likeness (QED) is 0.615. The molecule has 19 heavy (non-hydrogen) atoms. The van der Waals surface area contributed by atoms with Crippen LogP contribution in [0.1, 0.15) is 37.7 Å². The van der Waals surface area contributed by atoms with Crippen LogP contribution >= 0.6 is 0 Å². The number of halogens is 1. The minimum absolute atomic E-state index is 0.218. The van der Waals surface area contributed by atoms with Crippen LogP contribution < -0.4 is 16.0 Å². The lowest BCUT2D eigenvalue weighted by atomic mass is 9.94. The Morgan fingerprint density at radius 1 is 1.42 bits per heavy atom. The smallest absolute Gasteiger partial charge is 0.165 e. The fourth-order valence-corrected chi connectivity index (χ4v) is 2.98. The maximum atomic E-state index is 13.6. The van der Waals surface area contributed by atoms with E-state index >= 15 is 0 Å². The van der Waals surface area contributed by atoms with Crippen molar-refractivity contribution < 1.29 is 9.13 Å². The van der Waals surface area contributed by atoms with Crippen LogP contribution in [0.4, 0.5) is 4.39 Å². The summed E-state index contributed by atoms with van der Waals surface area (Å²) in [7, 11) is 1.47. The fourth-order valence-electron chi connectivity index (χ4n) is 2.98. The molecule has 0 radical (unpaired) electrons. The molecule has 1 atom stereocenters. The molecule has 0 heterocycles. The van der Waals surface area contributed by atoms with Gasteiger partial charge in [-0.25, -0.2) is 4.39 Å². The second kappa shape index (κ2) is 6.87. The molecule has 1 unspecified atom stereocenters. The van der Waals surface area contributed by atoms with Crippen LogP contribution in [0.25, 0.3) is 0 Å². The van der Waals surface area contributed by atoms with Gasteiger partial charge in [-0.1, -0.05) is 31.7 Å². The van der Waals surface area contributed by atoms with Gasteiger partial charge in [0.15, 0.2) is 11.6 Å². The topological polar surface area (TPSA) is 47.3 Å². The number of methoxy groups -OCH3 is 1. The molecule has 0 aromatic heterocycles. The standard InChI is InChI=1S/C15H23FN2O/c1-19-15-7-6-12(10-14(15)16)9-13(18-17)8-11-4-2-3-5-11/h6-7,10-11,13,18H,2-5,8-9,17H2,1H3. The first-order chi connectivity index (χ1) is 9.22. The second-order valence-electron chi connectivity index (χ2n) is 5.42. The molecule has 0 saturated heterocycles. The number of nitrogens with two attached hydrogens (primary N) is 1. The average molecular weight is 266 g/mol. The maximum absolute atomic E-state index is 13.6. The summed E-state index contributed by atoms with van der Waals surface area (Å²) in [6.07, 6.45) is 7.10. The summed E-state index contributed by atoms with van der Waals surface area (Å²) >= 11 is 0. The van der Waals surface area contributed by atoms with Gasteiger partial charge in [0.25, 0.3) is 0 Å². The predicted octanol–water partition coefficient (Wildman–Crippen LogP) is 2.79. The van der Waals surface area contributed by atoms with Crippen LogP contribution in [-0.4, -0.2) is 13.2 Å². The molecular formula is C15H23FN2O. The van der Waals surface area contributed by atoms with Crippen molar-refractivity contribution in [1.82, 2.24) is 5.43 Å². The van der Waals surface area contributed by atoms with E-state index in [9.17, 15) is 4.39 Å². The van der Waals surface area contributed by atoms with Crippen molar-refractivity contribution >= 4 is 0 Å². The van der Waals surface area contributed by atoms with Gasteiger partial charge in [0.2, 0.25) is 0 Å². The Morgan fingerprint density at radius 3 is 2.74 bits per heavy atom. The average Bonchev–Trinajstić information content (AvgIpc) is 2.91. The van der Waals surface area contributed by atoms with Gasteiger partial charge in [-0.3, -0.25) is 11.3 Å². The van der Waals surface area contributed by atoms with Gasteiger partial charge in [-0.2, -0.15) is 0 Å². The van der Waals surface area contributed by atoms with E-state index in [1.807, 2.05) is 6.07 Å². The molecule has 4 heteroatoms. The lowest BCUT2D eigenvalue weighted by Gasteiger charge is -2.20. The van der Waals surface area contributed by atoms with E-state index in [1.165, 1.54) is 38.9 Å². The molecule has 1 aromatic rings. The van der Waals surface area contributed by atoms with Gasteiger partial charge in [0.05, 0.1) is 7.11 Å². The third kappa shape index (κ3) is 3.91. The Morgan fingerprint density at radius 2 is 2.16 bits per heavy atom. The lowest BCUT2D eigenvalue weighted by molar-refractivity contribution is 0.381. The molecule has 1 fully saturated rings. The Kier molecular flexibility index (Phi) is 5.16. The number of benzene rings is 1. The van der Waals surface area contributed by atoms with Crippen molar-refractivity contribution in [2.24, 2.45) is 11.8 Å². The zero-order valence-corrected chi connectivity index (χ0v) is 11.5. The summed E-state index contributed by atoms with van der Waals surface area (Å²) in [5.41, 5.74) is 3.83. The maximum Gasteiger partial charge on any atom is 0.165 e. The molecule has 3 N–H and O–H groups in total. The van der Waals surface area contributed by atoms with Crippen LogP contribution in [0.5, 0.6) is 5.75 Å². The van der Waals surface area contributed by atoms with Crippen molar-refractivity contribution in [3.05, 3.63) is 29.6 Å². The Hall–Kier alpha value is -1.13. The molecule has 106 valence electrons. The molecule has 2 rings (SSSR count). The number of hydrogen-bond acceptors (Lipinski definition) is 3. The highest BCUT2D eigenvalue weighted by Crippen LogP contribution is 2.29. The number of nitrogens with one attached hydrogen (secondary N) is 1. The summed E-state index contributed by atoms with van der Waals surface area (Å²) in [6.45, 7) is 0. The normalized spacial score (nSPS) is 17.6. The third-order valence-corrected chi connectivity index (χ3v) is 4.03. The van der Waals surface area contributed by atoms with E-state index in [1.54, 1.807) is 6.07 Å². The number of rotatable bonds is 6. The Bertz CT molecular complexity index is 405. The van der Waals surface area contributed by atoms with Gasteiger partial charge in [0.1, 0.15) is 0 Å². The van der Waals surface area contributed by atoms with Gasteiger partial charge >= 0.3 is 0 Å². The van der Waals surface area contributed by atoms with Crippen LogP contribution in [0, 0.1) is 11.7 Å². The summed E-state index contributed by atoms with van der Waals surface area (Å²) in [5, 5.41) is 0. The van der Waals surface area contributed by atoms with Gasteiger partial charge in [0, 0.05) is 6.04 Å². The van der Waals surface area contributed by atoms with Crippen molar-refractivity contribution in [2.45, 2.75) is 44.6 Å². The van der Waals surface area contributed by atoms with Crippen LogP contribution in [0.15, 0.2) is 18.2 Å². The summed E-state index contributed by atoms with van der Waals surface area (Å²) in [5.74, 6) is 6.37. The van der Waals surface area contributed by atoms with E-state index in [2.05, 4.69) is 5.43 Å². The molecule has 1 aliphatic carbocycles. The van der Waals surface area contributed by atoms with Gasteiger partial charge in [-0.05, 0) is 36.5 Å². The lowest BCUT2D eigenvalue weighted by Crippen LogP contribution is -2.38. The van der Waals surface area contributed by atoms with Crippen LogP contribution in [0.2, 0.25) is 0 Å². The number of hydrogen-bond donors (Lipinski definition) is 2. The summed E-state index contributed by atoms with van der Waals surface area (Å²) in [6, 6.07) is 5.34. The van der Waals surface area contributed by atoms with Crippen molar-refractivity contribution in [3.8, 4) is 5.75 Å². The SMILES string of the molecule is COc1ccc(CC(CC2CCCC2)NN)cc1F. The fraction of sp³-hybridized carbons (Fsp3) is 0.600. The van der Waals surface area contributed by atoms with E-state index in [4.69, 9.17) is 10.6 Å². The zero-order chi connectivity index (χ0) is 13.7. The predicted molar refractivity (Wildman–Crippen MR) is 74.3 cm³/mol. The van der Waals surface area contributed by atoms with Gasteiger partial charge in [-0.15, -0.1) is 0 Å². The van der Waals surface area contributed by atoms with Crippen LogP contribution in [-0.2, 0) is 6.42 Å².